The summed E-state index contributed by atoms with van der Waals surface area (Å²) in [6, 6.07) is 3.14. The lowest BCUT2D eigenvalue weighted by Gasteiger charge is -2.58. The Hall–Kier alpha value is -2.39. The van der Waals surface area contributed by atoms with Gasteiger partial charge in [0.1, 0.15) is 4.90 Å². The molecule has 3 unspecified atom stereocenters. The summed E-state index contributed by atoms with van der Waals surface area (Å²) in [5.41, 5.74) is 6.56. The number of nitrogens with zero attached hydrogens (tertiary/aromatic N) is 4. The van der Waals surface area contributed by atoms with Crippen molar-refractivity contribution in [3.8, 4) is 0 Å². The molecule has 0 saturated heterocycles. The molecular formula is C29H41N5O7S2. The van der Waals surface area contributed by atoms with Crippen molar-refractivity contribution in [1.82, 2.24) is 14.6 Å². The van der Waals surface area contributed by atoms with Crippen LogP contribution in [0.5, 0.6) is 0 Å². The Morgan fingerprint density at radius 2 is 1.81 bits per heavy atom. The highest BCUT2D eigenvalue weighted by atomic mass is 32.3. The van der Waals surface area contributed by atoms with Gasteiger partial charge in [0.05, 0.1) is 11.8 Å². The Labute approximate surface area is 253 Å². The van der Waals surface area contributed by atoms with E-state index < -0.39 is 26.5 Å². The number of nitrogens with one attached hydrogen (secondary N) is 1. The van der Waals surface area contributed by atoms with Gasteiger partial charge in [-0.15, -0.1) is 0 Å². The summed E-state index contributed by atoms with van der Waals surface area (Å²) >= 11 is 0. The van der Waals surface area contributed by atoms with Crippen LogP contribution in [0.25, 0.3) is 11.0 Å². The van der Waals surface area contributed by atoms with E-state index in [4.69, 9.17) is 13.9 Å². The molecule has 43 heavy (non-hydrogen) atoms. The number of aromatic nitrogens is 2. The van der Waals surface area contributed by atoms with E-state index in [1.807, 2.05) is 0 Å². The van der Waals surface area contributed by atoms with Crippen molar-refractivity contribution in [2.75, 3.05) is 19.5 Å². The lowest BCUT2D eigenvalue weighted by Crippen LogP contribution is -2.51. The number of allylic oxidation sites excluding steroid dienone is 1. The zero-order chi connectivity index (χ0) is 30.9. The summed E-state index contributed by atoms with van der Waals surface area (Å²) in [6.07, 6.45) is 9.25. The molecule has 12 nitrogen and oxygen atoms in total. The lowest BCUT2D eigenvalue weighted by molar-refractivity contribution is -0.0406. The Balaban J connectivity index is 1.20. The second kappa shape index (κ2) is 10.6. The van der Waals surface area contributed by atoms with Gasteiger partial charge in [-0.25, -0.2) is 21.5 Å². The molecule has 0 bridgehead atoms. The predicted molar refractivity (Wildman–Crippen MR) is 161 cm³/mol. The molecule has 3 saturated carbocycles. The average Bonchev–Trinajstić information content (AvgIpc) is 3.55. The van der Waals surface area contributed by atoms with Gasteiger partial charge in [-0.05, 0) is 109 Å². The molecule has 7 atom stereocenters. The van der Waals surface area contributed by atoms with Gasteiger partial charge in [0.2, 0.25) is 10.0 Å². The van der Waals surface area contributed by atoms with Gasteiger partial charge in [-0.2, -0.15) is 13.5 Å². The molecule has 0 amide bonds. The molecular weight excluding hydrogens is 594 g/mol. The first-order valence-electron chi connectivity index (χ1n) is 15.0. The molecule has 1 aromatic carbocycles. The van der Waals surface area contributed by atoms with E-state index >= 15 is 0 Å². The predicted octanol–water partition coefficient (Wildman–Crippen LogP) is 5.03. The molecule has 4 aliphatic carbocycles. The van der Waals surface area contributed by atoms with E-state index in [0.717, 1.165) is 48.5 Å². The van der Waals surface area contributed by atoms with Crippen LogP contribution in [-0.2, 0) is 24.6 Å². The molecule has 1 aromatic heterocycles. The summed E-state index contributed by atoms with van der Waals surface area (Å²) in [5, 5.41) is 12.6. The molecule has 4 aliphatic rings. The van der Waals surface area contributed by atoms with Gasteiger partial charge >= 0.3 is 10.4 Å². The van der Waals surface area contributed by atoms with Crippen molar-refractivity contribution in [3.05, 3.63) is 23.8 Å². The van der Waals surface area contributed by atoms with Crippen LogP contribution in [0.1, 0.15) is 72.1 Å². The van der Waals surface area contributed by atoms with E-state index in [2.05, 4.69) is 42.6 Å². The first kappa shape index (κ1) is 30.6. The minimum absolute atomic E-state index is 0.0231. The fourth-order valence-electron chi connectivity index (χ4n) is 9.13. The molecule has 1 heterocycles. The van der Waals surface area contributed by atoms with Crippen molar-refractivity contribution < 1.29 is 30.2 Å². The molecule has 3 fully saturated rings. The second-order valence-corrected chi connectivity index (χ2v) is 16.7. The molecule has 6 rings (SSSR count). The maximum absolute atomic E-state index is 12.8. The standard InChI is InChI=1S/C29H41N5O7S2/c1-17(30-31-24-10-11-25(42(35,36)34(4)5)27-26(24)32-41-33-27)21-8-9-22-20-7-6-18-16-19(40-43(37,38)39)12-14-28(18,2)23(20)13-15-29(21,22)3/h6,10-11,19-23,31H,7-9,12-16H2,1-5H3,(H,37,38,39)/b30-17-/t19-,20?,21+,22?,23?,28-,29+/m0/s1. The van der Waals surface area contributed by atoms with Crippen molar-refractivity contribution in [2.45, 2.75) is 83.1 Å². The highest BCUT2D eigenvalue weighted by molar-refractivity contribution is 7.89. The number of hydrogen-bond acceptors (Lipinski definition) is 10. The van der Waals surface area contributed by atoms with Crippen LogP contribution >= 0.6 is 0 Å². The number of benzene rings is 1. The van der Waals surface area contributed by atoms with E-state index in [-0.39, 0.29) is 21.2 Å². The van der Waals surface area contributed by atoms with Crippen molar-refractivity contribution in [1.29, 1.82) is 0 Å². The van der Waals surface area contributed by atoms with Crippen LogP contribution in [0.3, 0.4) is 0 Å². The maximum atomic E-state index is 12.8. The highest BCUT2D eigenvalue weighted by Gasteiger charge is 2.59. The quantitative estimate of drug-likeness (QED) is 0.183. The van der Waals surface area contributed by atoms with E-state index in [1.54, 1.807) is 6.07 Å². The lowest BCUT2D eigenvalue weighted by atomic mass is 9.47. The first-order valence-corrected chi connectivity index (χ1v) is 17.8. The Morgan fingerprint density at radius 3 is 2.53 bits per heavy atom. The average molecular weight is 636 g/mol. The number of rotatable bonds is 7. The van der Waals surface area contributed by atoms with Crippen LogP contribution in [0.15, 0.2) is 38.4 Å². The van der Waals surface area contributed by atoms with E-state index in [0.29, 0.717) is 47.7 Å². The van der Waals surface area contributed by atoms with Crippen LogP contribution in [-0.4, -0.2) is 61.9 Å². The third-order valence-corrected chi connectivity index (χ3v) is 13.7. The largest absolute Gasteiger partial charge is 0.397 e. The Bertz CT molecular complexity index is 1700. The number of anilines is 1. The van der Waals surface area contributed by atoms with E-state index in [1.165, 1.54) is 25.7 Å². The zero-order valence-corrected chi connectivity index (χ0v) is 26.9. The minimum atomic E-state index is -4.46. The van der Waals surface area contributed by atoms with Crippen molar-refractivity contribution in [2.24, 2.45) is 39.6 Å². The van der Waals surface area contributed by atoms with Gasteiger partial charge in [0.15, 0.2) is 11.0 Å². The SMILES string of the molecule is C/C(=N/Nc1ccc(S(=O)(=O)N(C)C)c2nonc12)[C@H]1CCC2C3CC=C4C[C@@H](OS(=O)(=O)O)CC[C@]4(C)C3CC[C@@]21C. The number of sulfonamides is 1. The number of hydrazone groups is 1. The molecule has 0 aliphatic heterocycles. The fraction of sp³-hybridized carbons (Fsp3) is 0.690. The third-order valence-electron chi connectivity index (χ3n) is 11.3. The third kappa shape index (κ3) is 5.12. The van der Waals surface area contributed by atoms with Crippen LogP contribution in [0, 0.1) is 34.5 Å². The van der Waals surface area contributed by atoms with Crippen LogP contribution in [0.4, 0.5) is 5.69 Å². The molecule has 236 valence electrons. The van der Waals surface area contributed by atoms with Crippen LogP contribution in [0.2, 0.25) is 0 Å². The summed E-state index contributed by atoms with van der Waals surface area (Å²) < 4.78 is 68.4. The monoisotopic (exact) mass is 635 g/mol. The van der Waals surface area contributed by atoms with Gasteiger partial charge in [-0.1, -0.05) is 25.5 Å². The topological polar surface area (TPSA) is 164 Å². The molecule has 14 heteroatoms. The van der Waals surface area contributed by atoms with Crippen molar-refractivity contribution >= 4 is 42.9 Å². The molecule has 0 spiro atoms. The second-order valence-electron chi connectivity index (χ2n) is 13.5. The van der Waals surface area contributed by atoms with Gasteiger partial charge < -0.3 is 0 Å². The maximum Gasteiger partial charge on any atom is 0.397 e. The minimum Gasteiger partial charge on any atom is -0.276 e. The molecule has 2 N–H and O–H groups in total. The van der Waals surface area contributed by atoms with E-state index in [9.17, 15) is 21.4 Å². The summed E-state index contributed by atoms with van der Waals surface area (Å²) in [5.74, 6) is 1.97. The first-order chi connectivity index (χ1) is 20.1. The van der Waals surface area contributed by atoms with Gasteiger partial charge in [0.25, 0.3) is 0 Å². The Morgan fingerprint density at radius 1 is 1.07 bits per heavy atom. The van der Waals surface area contributed by atoms with Gasteiger partial charge in [0, 0.05) is 25.7 Å². The molecule has 0 radical (unpaired) electrons. The highest BCUT2D eigenvalue weighted by Crippen LogP contribution is 2.66. The smallest absolute Gasteiger partial charge is 0.276 e. The Kier molecular flexibility index (Phi) is 7.56. The zero-order valence-electron chi connectivity index (χ0n) is 25.3. The number of fused-ring (bicyclic) bond motifs is 6. The summed E-state index contributed by atoms with van der Waals surface area (Å²) in [4.78, 5) is 0.0285. The summed E-state index contributed by atoms with van der Waals surface area (Å²) in [7, 11) is -5.25. The fourth-order valence-corrected chi connectivity index (χ4v) is 10.7. The molecule has 2 aromatic rings. The van der Waals surface area contributed by atoms with Gasteiger partial charge in [-0.3, -0.25) is 9.98 Å². The van der Waals surface area contributed by atoms with Crippen molar-refractivity contribution in [3.63, 3.8) is 0 Å². The normalized spacial score (nSPS) is 34.9. The number of hydrogen-bond donors (Lipinski definition) is 2. The summed E-state index contributed by atoms with van der Waals surface area (Å²) in [6.45, 7) is 6.83. The van der Waals surface area contributed by atoms with Crippen LogP contribution < -0.4 is 5.43 Å².